The zero-order valence-electron chi connectivity index (χ0n) is 18.7. The van der Waals surface area contributed by atoms with Gasteiger partial charge in [-0.25, -0.2) is 0 Å². The largest absolute Gasteiger partial charge is 0.483 e. The van der Waals surface area contributed by atoms with Crippen LogP contribution in [0.4, 0.5) is 0 Å². The van der Waals surface area contributed by atoms with Crippen LogP contribution in [0.5, 0.6) is 5.75 Å². The van der Waals surface area contributed by atoms with E-state index in [1.165, 1.54) is 19.3 Å². The standard InChI is InChI=1S/C27H32N2O3/c1-18(22-7-3-2-4-8-22)28-26(31)23-9-5-6-10-24(23)32-17-25(30)29-27-14-19-11-20(15-27)13-21(12-19)16-27/h2-10,18-21H,11-17H2,1H3,(H,28,31)(H,29,30)/t18-,19?,20?,21?,27?/m1/s1. The van der Waals surface area contributed by atoms with Crippen LogP contribution in [0.15, 0.2) is 54.6 Å². The van der Waals surface area contributed by atoms with E-state index < -0.39 is 0 Å². The number of hydrogen-bond donors (Lipinski definition) is 2. The lowest BCUT2D eigenvalue weighted by Gasteiger charge is -2.56. The topological polar surface area (TPSA) is 67.4 Å². The lowest BCUT2D eigenvalue weighted by atomic mass is 9.53. The summed E-state index contributed by atoms with van der Waals surface area (Å²) < 4.78 is 5.85. The molecular formula is C27H32N2O3. The van der Waals surface area contributed by atoms with Crippen LogP contribution in [0.2, 0.25) is 0 Å². The van der Waals surface area contributed by atoms with Crippen molar-refractivity contribution in [3.05, 3.63) is 65.7 Å². The molecule has 0 spiro atoms. The smallest absolute Gasteiger partial charge is 0.258 e. The lowest BCUT2D eigenvalue weighted by molar-refractivity contribution is -0.128. The molecule has 5 nitrogen and oxygen atoms in total. The Labute approximate surface area is 189 Å². The van der Waals surface area contributed by atoms with Gasteiger partial charge in [0, 0.05) is 5.54 Å². The predicted octanol–water partition coefficient (Wildman–Crippen LogP) is 4.64. The molecule has 0 saturated heterocycles. The highest BCUT2D eigenvalue weighted by Crippen LogP contribution is 2.55. The second-order valence-corrected chi connectivity index (χ2v) is 10.1. The van der Waals surface area contributed by atoms with Crippen molar-refractivity contribution < 1.29 is 14.3 Å². The first-order valence-corrected chi connectivity index (χ1v) is 11.9. The highest BCUT2D eigenvalue weighted by atomic mass is 16.5. The molecular weight excluding hydrogens is 400 g/mol. The van der Waals surface area contributed by atoms with Crippen molar-refractivity contribution in [3.63, 3.8) is 0 Å². The van der Waals surface area contributed by atoms with Crippen LogP contribution in [-0.2, 0) is 4.79 Å². The third-order valence-corrected chi connectivity index (χ3v) is 7.58. The van der Waals surface area contributed by atoms with Crippen molar-refractivity contribution in [3.8, 4) is 5.75 Å². The maximum atomic E-state index is 12.9. The molecule has 4 aliphatic rings. The first kappa shape index (κ1) is 21.0. The van der Waals surface area contributed by atoms with E-state index in [0.717, 1.165) is 42.6 Å². The minimum absolute atomic E-state index is 0.0306. The van der Waals surface area contributed by atoms with E-state index in [1.54, 1.807) is 12.1 Å². The van der Waals surface area contributed by atoms with Crippen LogP contribution in [0.3, 0.4) is 0 Å². The predicted molar refractivity (Wildman–Crippen MR) is 123 cm³/mol. The van der Waals surface area contributed by atoms with Gasteiger partial charge in [0.05, 0.1) is 11.6 Å². The van der Waals surface area contributed by atoms with E-state index in [1.807, 2.05) is 49.4 Å². The Kier molecular flexibility index (Phi) is 5.66. The maximum absolute atomic E-state index is 12.9. The fourth-order valence-corrected chi connectivity index (χ4v) is 6.62. The van der Waals surface area contributed by atoms with Crippen molar-refractivity contribution >= 4 is 11.8 Å². The third kappa shape index (κ3) is 4.38. The summed E-state index contributed by atoms with van der Waals surface area (Å²) in [6.45, 7) is 1.88. The molecule has 0 heterocycles. The average molecular weight is 433 g/mol. The van der Waals surface area contributed by atoms with E-state index in [9.17, 15) is 9.59 Å². The van der Waals surface area contributed by atoms with Crippen LogP contribution >= 0.6 is 0 Å². The number of benzene rings is 2. The third-order valence-electron chi connectivity index (χ3n) is 7.58. The lowest BCUT2D eigenvalue weighted by Crippen LogP contribution is -2.60. The first-order chi connectivity index (χ1) is 15.5. The van der Waals surface area contributed by atoms with Gasteiger partial charge in [-0.3, -0.25) is 9.59 Å². The van der Waals surface area contributed by atoms with Gasteiger partial charge in [-0.1, -0.05) is 42.5 Å². The van der Waals surface area contributed by atoms with E-state index in [4.69, 9.17) is 4.74 Å². The van der Waals surface area contributed by atoms with Crippen LogP contribution in [0.1, 0.15) is 67.4 Å². The van der Waals surface area contributed by atoms with Crippen molar-refractivity contribution in [2.45, 2.75) is 57.0 Å². The van der Waals surface area contributed by atoms with Gasteiger partial charge in [0.15, 0.2) is 6.61 Å². The molecule has 4 fully saturated rings. The van der Waals surface area contributed by atoms with E-state index >= 15 is 0 Å². The number of nitrogens with one attached hydrogen (secondary N) is 2. The number of carbonyl (C=O) groups excluding carboxylic acids is 2. The van der Waals surface area contributed by atoms with Crippen LogP contribution in [0.25, 0.3) is 0 Å². The number of ether oxygens (including phenoxy) is 1. The second-order valence-electron chi connectivity index (χ2n) is 10.1. The van der Waals surface area contributed by atoms with Gasteiger partial charge >= 0.3 is 0 Å². The Morgan fingerprint density at radius 3 is 2.19 bits per heavy atom. The summed E-state index contributed by atoms with van der Waals surface area (Å²) in [5.74, 6) is 2.47. The minimum Gasteiger partial charge on any atom is -0.483 e. The Balaban J connectivity index is 1.20. The molecule has 4 saturated carbocycles. The van der Waals surface area contributed by atoms with Gasteiger partial charge < -0.3 is 15.4 Å². The fraction of sp³-hybridized carbons (Fsp3) is 0.481. The van der Waals surface area contributed by atoms with Crippen LogP contribution < -0.4 is 15.4 Å². The molecule has 2 aromatic rings. The van der Waals surface area contributed by atoms with Gasteiger partial charge in [-0.15, -0.1) is 0 Å². The Morgan fingerprint density at radius 2 is 1.53 bits per heavy atom. The number of para-hydroxylation sites is 1. The van der Waals surface area contributed by atoms with Crippen molar-refractivity contribution in [2.75, 3.05) is 6.61 Å². The SMILES string of the molecule is C[C@@H](NC(=O)c1ccccc1OCC(=O)NC12CC3CC(CC(C3)C1)C2)c1ccccc1. The number of rotatable bonds is 7. The van der Waals surface area contributed by atoms with Crippen molar-refractivity contribution in [1.29, 1.82) is 0 Å². The zero-order chi connectivity index (χ0) is 22.1. The molecule has 0 aromatic heterocycles. The molecule has 2 N–H and O–H groups in total. The Bertz CT molecular complexity index is 952. The molecule has 32 heavy (non-hydrogen) atoms. The molecule has 0 unspecified atom stereocenters. The Morgan fingerprint density at radius 1 is 0.938 bits per heavy atom. The van der Waals surface area contributed by atoms with E-state index in [-0.39, 0.29) is 30.0 Å². The quantitative estimate of drug-likeness (QED) is 0.670. The molecule has 168 valence electrons. The summed E-state index contributed by atoms with van der Waals surface area (Å²) >= 11 is 0. The number of carbonyl (C=O) groups is 2. The normalized spacial score (nSPS) is 28.7. The number of amides is 2. The average Bonchev–Trinajstić information content (AvgIpc) is 2.77. The highest BCUT2D eigenvalue weighted by molar-refractivity contribution is 5.97. The summed E-state index contributed by atoms with van der Waals surface area (Å²) in [6, 6.07) is 16.8. The molecule has 0 radical (unpaired) electrons. The zero-order valence-corrected chi connectivity index (χ0v) is 18.7. The summed E-state index contributed by atoms with van der Waals surface area (Å²) in [5.41, 5.74) is 1.45. The van der Waals surface area contributed by atoms with Crippen molar-refractivity contribution in [1.82, 2.24) is 10.6 Å². The summed E-state index contributed by atoms with van der Waals surface area (Å²) in [5, 5.41) is 6.36. The van der Waals surface area contributed by atoms with Crippen LogP contribution in [-0.4, -0.2) is 24.0 Å². The van der Waals surface area contributed by atoms with Gasteiger partial charge in [-0.05, 0) is 80.9 Å². The fourth-order valence-electron chi connectivity index (χ4n) is 6.62. The first-order valence-electron chi connectivity index (χ1n) is 11.9. The summed E-state index contributed by atoms with van der Waals surface area (Å²) in [7, 11) is 0. The molecule has 0 aliphatic heterocycles. The molecule has 5 heteroatoms. The molecule has 2 aromatic carbocycles. The highest BCUT2D eigenvalue weighted by Gasteiger charge is 2.51. The van der Waals surface area contributed by atoms with Crippen LogP contribution in [0, 0.1) is 17.8 Å². The monoisotopic (exact) mass is 432 g/mol. The minimum atomic E-state index is -0.210. The molecule has 4 bridgehead atoms. The van der Waals surface area contributed by atoms with Gasteiger partial charge in [-0.2, -0.15) is 0 Å². The van der Waals surface area contributed by atoms with Crippen molar-refractivity contribution in [2.24, 2.45) is 17.8 Å². The molecule has 6 rings (SSSR count). The van der Waals surface area contributed by atoms with Gasteiger partial charge in [0.1, 0.15) is 5.75 Å². The summed E-state index contributed by atoms with van der Waals surface area (Å²) in [6.07, 6.45) is 7.36. The molecule has 1 atom stereocenters. The van der Waals surface area contributed by atoms with E-state index in [0.29, 0.717) is 11.3 Å². The van der Waals surface area contributed by atoms with E-state index in [2.05, 4.69) is 10.6 Å². The maximum Gasteiger partial charge on any atom is 0.258 e. The molecule has 2 amide bonds. The van der Waals surface area contributed by atoms with Gasteiger partial charge in [0.2, 0.25) is 0 Å². The Hall–Kier alpha value is -2.82. The van der Waals surface area contributed by atoms with Gasteiger partial charge in [0.25, 0.3) is 11.8 Å². The number of hydrogen-bond acceptors (Lipinski definition) is 3. The molecule has 4 aliphatic carbocycles. The summed E-state index contributed by atoms with van der Waals surface area (Å²) in [4.78, 5) is 25.7. The second kappa shape index (κ2) is 8.61.